The Bertz CT molecular complexity index is 881. The summed E-state index contributed by atoms with van der Waals surface area (Å²) in [7, 11) is 0. The molecule has 1 unspecified atom stereocenters. The predicted molar refractivity (Wildman–Crippen MR) is 111 cm³/mol. The van der Waals surface area contributed by atoms with Crippen molar-refractivity contribution in [2.45, 2.75) is 32.0 Å². The lowest BCUT2D eigenvalue weighted by Gasteiger charge is -2.47. The molecule has 2 aromatic rings. The zero-order valence-corrected chi connectivity index (χ0v) is 17.3. The number of amides is 1. The summed E-state index contributed by atoms with van der Waals surface area (Å²) < 4.78 is 30.5. The molecule has 1 atom stereocenters. The Morgan fingerprint density at radius 3 is 2.87 bits per heavy atom. The van der Waals surface area contributed by atoms with E-state index in [2.05, 4.69) is 0 Å². The minimum absolute atomic E-state index is 0.00684. The number of nitrogens with zero attached hydrogens (tertiary/aromatic N) is 1. The number of hydrogen-bond donors (Lipinski definition) is 0. The van der Waals surface area contributed by atoms with Crippen LogP contribution in [0.2, 0.25) is 0 Å². The second-order valence-corrected chi connectivity index (χ2v) is 8.39. The van der Waals surface area contributed by atoms with Gasteiger partial charge in [0.05, 0.1) is 26.3 Å². The van der Waals surface area contributed by atoms with E-state index >= 15 is 0 Å². The maximum Gasteiger partial charge on any atom is 0.260 e. The van der Waals surface area contributed by atoms with Crippen LogP contribution in [0, 0.1) is 18.7 Å². The first-order valence-electron chi connectivity index (χ1n) is 10.4. The molecule has 0 saturated carbocycles. The summed E-state index contributed by atoms with van der Waals surface area (Å²) >= 11 is 0. The molecule has 0 radical (unpaired) electrons. The number of benzene rings is 2. The van der Waals surface area contributed by atoms with Crippen molar-refractivity contribution in [1.82, 2.24) is 4.90 Å². The molecule has 4 rings (SSSR count). The van der Waals surface area contributed by atoms with Crippen molar-refractivity contribution in [2.75, 3.05) is 32.9 Å². The summed E-state index contributed by atoms with van der Waals surface area (Å²) in [4.78, 5) is 14.2. The number of hydrogen-bond acceptors (Lipinski definition) is 4. The van der Waals surface area contributed by atoms with Gasteiger partial charge in [-0.2, -0.15) is 0 Å². The molecule has 2 saturated heterocycles. The molecule has 0 aliphatic carbocycles. The first kappa shape index (κ1) is 20.8. The Balaban J connectivity index is 1.13. The first-order chi connectivity index (χ1) is 14.5. The van der Waals surface area contributed by atoms with Crippen molar-refractivity contribution in [1.29, 1.82) is 0 Å². The number of likely N-dealkylation sites (tertiary alicyclic amines) is 1. The van der Waals surface area contributed by atoms with Crippen molar-refractivity contribution in [3.63, 3.8) is 0 Å². The molecule has 0 bridgehead atoms. The molecule has 2 aliphatic rings. The van der Waals surface area contributed by atoms with Gasteiger partial charge in [-0.3, -0.25) is 4.79 Å². The third-order valence-corrected chi connectivity index (χ3v) is 5.78. The molecule has 6 heteroatoms. The normalized spacial score (nSPS) is 19.7. The molecule has 30 heavy (non-hydrogen) atoms. The number of carbonyl (C=O) groups excluding carboxylic acids is 1. The molecule has 2 aliphatic heterocycles. The van der Waals surface area contributed by atoms with Crippen molar-refractivity contribution in [3.05, 3.63) is 65.5 Å². The third kappa shape index (κ3) is 5.18. The van der Waals surface area contributed by atoms with E-state index in [9.17, 15) is 9.18 Å². The standard InChI is InChI=1S/C24H28FNO4/c1-18-4-2-7-22(10-18)29-15-23(27)26-16-24(17-26)12-20(14-30-24)8-9-28-13-19-5-3-6-21(25)11-19/h2-7,10-11,20H,8-9,12-17H2,1H3. The Morgan fingerprint density at radius 2 is 2.07 bits per heavy atom. The van der Waals surface area contributed by atoms with Gasteiger partial charge in [-0.25, -0.2) is 4.39 Å². The van der Waals surface area contributed by atoms with Gasteiger partial charge in [-0.05, 0) is 61.1 Å². The summed E-state index contributed by atoms with van der Waals surface area (Å²) in [6, 6.07) is 14.2. The number of aryl methyl sites for hydroxylation is 1. The lowest BCUT2D eigenvalue weighted by atomic mass is 9.86. The van der Waals surface area contributed by atoms with Gasteiger partial charge in [0.25, 0.3) is 5.91 Å². The topological polar surface area (TPSA) is 48.0 Å². The zero-order valence-electron chi connectivity index (χ0n) is 17.3. The second kappa shape index (κ2) is 9.14. The van der Waals surface area contributed by atoms with Crippen LogP contribution in [0.15, 0.2) is 48.5 Å². The molecular weight excluding hydrogens is 385 g/mol. The lowest BCUT2D eigenvalue weighted by Crippen LogP contribution is -2.64. The van der Waals surface area contributed by atoms with Crippen molar-refractivity contribution in [3.8, 4) is 5.75 Å². The molecule has 2 fully saturated rings. The lowest BCUT2D eigenvalue weighted by molar-refractivity contribution is -0.159. The van der Waals surface area contributed by atoms with Crippen LogP contribution in [0.3, 0.4) is 0 Å². The fourth-order valence-electron chi connectivity index (χ4n) is 4.18. The van der Waals surface area contributed by atoms with Crippen LogP contribution in [0.25, 0.3) is 0 Å². The SMILES string of the molecule is Cc1cccc(OCC(=O)N2CC3(CC(CCOCc4cccc(F)c4)CO3)C2)c1. The average Bonchev–Trinajstić information content (AvgIpc) is 3.13. The highest BCUT2D eigenvalue weighted by Crippen LogP contribution is 2.39. The maximum atomic E-state index is 13.2. The summed E-state index contributed by atoms with van der Waals surface area (Å²) in [6.45, 7) is 5.04. The van der Waals surface area contributed by atoms with E-state index in [0.717, 1.165) is 24.0 Å². The van der Waals surface area contributed by atoms with Gasteiger partial charge >= 0.3 is 0 Å². The molecule has 2 heterocycles. The predicted octanol–water partition coefficient (Wildman–Crippen LogP) is 3.74. The molecule has 1 spiro atoms. The van der Waals surface area contributed by atoms with Crippen molar-refractivity contribution < 1.29 is 23.4 Å². The van der Waals surface area contributed by atoms with Gasteiger partial charge < -0.3 is 19.1 Å². The van der Waals surface area contributed by atoms with Gasteiger partial charge in [0.15, 0.2) is 6.61 Å². The van der Waals surface area contributed by atoms with Crippen LogP contribution in [0.1, 0.15) is 24.0 Å². The van der Waals surface area contributed by atoms with E-state index in [1.54, 1.807) is 11.0 Å². The van der Waals surface area contributed by atoms with Crippen LogP contribution < -0.4 is 4.74 Å². The minimum Gasteiger partial charge on any atom is -0.484 e. The van der Waals surface area contributed by atoms with E-state index in [4.69, 9.17) is 14.2 Å². The van der Waals surface area contributed by atoms with Crippen LogP contribution in [-0.4, -0.2) is 49.3 Å². The molecule has 0 N–H and O–H groups in total. The number of halogens is 1. The highest BCUT2D eigenvalue weighted by Gasteiger charge is 2.50. The first-order valence-corrected chi connectivity index (χ1v) is 10.4. The Kier molecular flexibility index (Phi) is 6.35. The van der Waals surface area contributed by atoms with Gasteiger partial charge in [-0.15, -0.1) is 0 Å². The van der Waals surface area contributed by atoms with Gasteiger partial charge in [0.2, 0.25) is 0 Å². The third-order valence-electron chi connectivity index (χ3n) is 5.78. The summed E-state index contributed by atoms with van der Waals surface area (Å²) in [5.74, 6) is 0.899. The Labute approximate surface area is 176 Å². The quantitative estimate of drug-likeness (QED) is 0.619. The maximum absolute atomic E-state index is 13.2. The van der Waals surface area contributed by atoms with E-state index in [1.165, 1.54) is 12.1 Å². The smallest absolute Gasteiger partial charge is 0.260 e. The van der Waals surface area contributed by atoms with E-state index in [0.29, 0.717) is 44.6 Å². The monoisotopic (exact) mass is 413 g/mol. The summed E-state index contributed by atoms with van der Waals surface area (Å²) in [6.07, 6.45) is 1.85. The van der Waals surface area contributed by atoms with Crippen LogP contribution in [0.5, 0.6) is 5.75 Å². The second-order valence-electron chi connectivity index (χ2n) is 8.39. The van der Waals surface area contributed by atoms with E-state index < -0.39 is 0 Å². The van der Waals surface area contributed by atoms with Gasteiger partial charge in [0.1, 0.15) is 17.2 Å². The minimum atomic E-state index is -0.240. The Hall–Kier alpha value is -2.44. The number of rotatable bonds is 8. The van der Waals surface area contributed by atoms with Crippen LogP contribution in [-0.2, 0) is 20.9 Å². The molecule has 160 valence electrons. The molecule has 2 aromatic carbocycles. The van der Waals surface area contributed by atoms with Crippen molar-refractivity contribution in [2.24, 2.45) is 5.92 Å². The van der Waals surface area contributed by atoms with E-state index in [-0.39, 0.29) is 23.9 Å². The van der Waals surface area contributed by atoms with Crippen molar-refractivity contribution >= 4 is 5.91 Å². The van der Waals surface area contributed by atoms with Crippen LogP contribution in [0.4, 0.5) is 4.39 Å². The average molecular weight is 413 g/mol. The summed E-state index contributed by atoms with van der Waals surface area (Å²) in [5.41, 5.74) is 1.75. The van der Waals surface area contributed by atoms with Gasteiger partial charge in [0, 0.05) is 6.61 Å². The van der Waals surface area contributed by atoms with Crippen LogP contribution >= 0.6 is 0 Å². The molecule has 0 aromatic heterocycles. The highest BCUT2D eigenvalue weighted by molar-refractivity contribution is 5.79. The highest BCUT2D eigenvalue weighted by atomic mass is 19.1. The fraction of sp³-hybridized carbons (Fsp3) is 0.458. The fourth-order valence-corrected chi connectivity index (χ4v) is 4.18. The Morgan fingerprint density at radius 1 is 1.23 bits per heavy atom. The van der Waals surface area contributed by atoms with Gasteiger partial charge in [-0.1, -0.05) is 24.3 Å². The van der Waals surface area contributed by atoms with E-state index in [1.807, 2.05) is 37.3 Å². The molecular formula is C24H28FNO4. The number of ether oxygens (including phenoxy) is 3. The zero-order chi connectivity index (χ0) is 21.0. The number of carbonyl (C=O) groups is 1. The molecule has 1 amide bonds. The molecule has 5 nitrogen and oxygen atoms in total. The largest absolute Gasteiger partial charge is 0.484 e. The summed E-state index contributed by atoms with van der Waals surface area (Å²) in [5, 5.41) is 0.